The van der Waals surface area contributed by atoms with Gasteiger partial charge in [0.15, 0.2) is 8.32 Å². The standard InChI is InChI=1S/C19H33BrN2OSi/c1-19(2,3)24(5,6)23-17-10-11-22(13-17)14-18(21-4)15-8-7-9-16(20)12-15/h7-9,12,17-18,21H,10-11,13-14H2,1-6H3/t17-,18+/m0/s1. The molecule has 0 saturated carbocycles. The number of nitrogens with one attached hydrogen (secondary N) is 1. The maximum Gasteiger partial charge on any atom is 0.192 e. The Kier molecular flexibility index (Phi) is 6.70. The van der Waals surface area contributed by atoms with E-state index >= 15 is 0 Å². The molecule has 1 aromatic carbocycles. The first-order valence-corrected chi connectivity index (χ1v) is 12.7. The van der Waals surface area contributed by atoms with Crippen LogP contribution in [0.25, 0.3) is 0 Å². The van der Waals surface area contributed by atoms with Crippen molar-refractivity contribution in [1.82, 2.24) is 10.2 Å². The number of halogens is 1. The maximum atomic E-state index is 6.60. The van der Waals surface area contributed by atoms with Crippen molar-refractivity contribution in [2.24, 2.45) is 0 Å². The molecule has 1 N–H and O–H groups in total. The van der Waals surface area contributed by atoms with Gasteiger partial charge in [0.1, 0.15) is 0 Å². The summed E-state index contributed by atoms with van der Waals surface area (Å²) in [6, 6.07) is 8.95. The first kappa shape index (κ1) is 20.1. The minimum Gasteiger partial charge on any atom is -0.413 e. The molecule has 2 rings (SSSR count). The lowest BCUT2D eigenvalue weighted by molar-refractivity contribution is 0.177. The molecule has 1 aliphatic rings. The lowest BCUT2D eigenvalue weighted by Crippen LogP contribution is -2.44. The van der Waals surface area contributed by atoms with Crippen molar-refractivity contribution in [3.05, 3.63) is 34.3 Å². The van der Waals surface area contributed by atoms with E-state index in [1.807, 2.05) is 7.05 Å². The molecule has 0 amide bonds. The van der Waals surface area contributed by atoms with E-state index in [4.69, 9.17) is 4.43 Å². The molecule has 1 aliphatic heterocycles. The number of likely N-dealkylation sites (N-methyl/N-ethyl adjacent to an activating group) is 1. The van der Waals surface area contributed by atoms with Crippen LogP contribution in [0.4, 0.5) is 0 Å². The topological polar surface area (TPSA) is 24.5 Å². The van der Waals surface area contributed by atoms with Crippen LogP contribution in [0.3, 0.4) is 0 Å². The van der Waals surface area contributed by atoms with Crippen LogP contribution in [0, 0.1) is 0 Å². The normalized spacial score (nSPS) is 21.2. The first-order chi connectivity index (χ1) is 11.1. The number of likely N-dealkylation sites (tertiary alicyclic amines) is 1. The Morgan fingerprint density at radius 3 is 2.67 bits per heavy atom. The van der Waals surface area contributed by atoms with Crippen LogP contribution < -0.4 is 5.32 Å². The van der Waals surface area contributed by atoms with E-state index in [0.29, 0.717) is 12.1 Å². The Morgan fingerprint density at radius 2 is 2.08 bits per heavy atom. The van der Waals surface area contributed by atoms with Crippen molar-refractivity contribution in [3.63, 3.8) is 0 Å². The average Bonchev–Trinajstić information content (AvgIpc) is 2.90. The molecule has 0 aliphatic carbocycles. The van der Waals surface area contributed by atoms with Gasteiger partial charge >= 0.3 is 0 Å². The zero-order chi connectivity index (χ0) is 18.0. The summed E-state index contributed by atoms with van der Waals surface area (Å²) in [5.74, 6) is 0. The van der Waals surface area contributed by atoms with Crippen LogP contribution in [0.15, 0.2) is 28.7 Å². The van der Waals surface area contributed by atoms with Gasteiger partial charge in [0, 0.05) is 30.1 Å². The molecule has 3 nitrogen and oxygen atoms in total. The molecule has 0 spiro atoms. The summed E-state index contributed by atoms with van der Waals surface area (Å²) in [6.45, 7) is 14.9. The molecule has 0 radical (unpaired) electrons. The van der Waals surface area contributed by atoms with Gasteiger partial charge in [-0.3, -0.25) is 4.90 Å². The third kappa shape index (κ3) is 5.15. The van der Waals surface area contributed by atoms with E-state index in [1.165, 1.54) is 5.56 Å². The van der Waals surface area contributed by atoms with E-state index in [1.54, 1.807) is 0 Å². The molecule has 0 unspecified atom stereocenters. The van der Waals surface area contributed by atoms with Crippen LogP contribution in [0.5, 0.6) is 0 Å². The highest BCUT2D eigenvalue weighted by molar-refractivity contribution is 9.10. The predicted molar refractivity (Wildman–Crippen MR) is 109 cm³/mol. The summed E-state index contributed by atoms with van der Waals surface area (Å²) in [5, 5.41) is 3.75. The lowest BCUT2D eigenvalue weighted by atomic mass is 10.1. The lowest BCUT2D eigenvalue weighted by Gasteiger charge is -2.38. The molecule has 1 heterocycles. The number of benzene rings is 1. The fraction of sp³-hybridized carbons (Fsp3) is 0.684. The van der Waals surface area contributed by atoms with Crippen LogP contribution in [-0.2, 0) is 4.43 Å². The summed E-state index contributed by atoms with van der Waals surface area (Å²) >= 11 is 3.58. The van der Waals surface area contributed by atoms with Crippen molar-refractivity contribution < 1.29 is 4.43 Å². The van der Waals surface area contributed by atoms with Crippen molar-refractivity contribution in [1.29, 1.82) is 0 Å². The van der Waals surface area contributed by atoms with Gasteiger partial charge in [0.25, 0.3) is 0 Å². The van der Waals surface area contributed by atoms with Gasteiger partial charge in [0.2, 0.25) is 0 Å². The fourth-order valence-electron chi connectivity index (χ4n) is 3.00. The molecule has 1 fully saturated rings. The van der Waals surface area contributed by atoms with Crippen molar-refractivity contribution in [2.45, 2.75) is 57.5 Å². The average molecular weight is 413 g/mol. The van der Waals surface area contributed by atoms with Crippen molar-refractivity contribution >= 4 is 24.2 Å². The van der Waals surface area contributed by atoms with Gasteiger partial charge in [-0.1, -0.05) is 48.8 Å². The molecular formula is C19H33BrN2OSi. The first-order valence-electron chi connectivity index (χ1n) is 8.95. The van der Waals surface area contributed by atoms with Gasteiger partial charge < -0.3 is 9.74 Å². The zero-order valence-electron chi connectivity index (χ0n) is 16.0. The van der Waals surface area contributed by atoms with Crippen LogP contribution in [0.1, 0.15) is 38.8 Å². The molecule has 1 aromatic rings. The Morgan fingerprint density at radius 1 is 1.38 bits per heavy atom. The highest BCUT2D eigenvalue weighted by Gasteiger charge is 2.40. The van der Waals surface area contributed by atoms with Gasteiger partial charge in [-0.15, -0.1) is 0 Å². The number of hydrogen-bond donors (Lipinski definition) is 1. The second-order valence-corrected chi connectivity index (χ2v) is 14.1. The maximum absolute atomic E-state index is 6.60. The van der Waals surface area contributed by atoms with Gasteiger partial charge in [-0.2, -0.15) is 0 Å². The molecule has 24 heavy (non-hydrogen) atoms. The molecule has 0 aromatic heterocycles. The van der Waals surface area contributed by atoms with Crippen LogP contribution in [0.2, 0.25) is 18.1 Å². The van der Waals surface area contributed by atoms with Gasteiger partial charge in [-0.05, 0) is 49.3 Å². The van der Waals surface area contributed by atoms with Crippen molar-refractivity contribution in [2.75, 3.05) is 26.7 Å². The second-order valence-electron chi connectivity index (χ2n) is 8.44. The Hall–Kier alpha value is -0.203. The predicted octanol–water partition coefficient (Wildman–Crippen LogP) is 4.81. The molecule has 0 bridgehead atoms. The van der Waals surface area contributed by atoms with Crippen LogP contribution in [-0.4, -0.2) is 46.0 Å². The largest absolute Gasteiger partial charge is 0.413 e. The quantitative estimate of drug-likeness (QED) is 0.678. The van der Waals surface area contributed by atoms with Crippen molar-refractivity contribution in [3.8, 4) is 0 Å². The third-order valence-corrected chi connectivity index (χ3v) is 10.6. The molecule has 136 valence electrons. The zero-order valence-corrected chi connectivity index (χ0v) is 18.6. The number of nitrogens with zero attached hydrogens (tertiary/aromatic N) is 1. The minimum absolute atomic E-state index is 0.282. The molecular weight excluding hydrogens is 380 g/mol. The minimum atomic E-state index is -1.67. The molecule has 1 saturated heterocycles. The monoisotopic (exact) mass is 412 g/mol. The Labute approximate surface area is 157 Å². The second kappa shape index (κ2) is 8.00. The summed E-state index contributed by atoms with van der Waals surface area (Å²) < 4.78 is 7.74. The Bertz CT molecular complexity index is 544. The summed E-state index contributed by atoms with van der Waals surface area (Å²) in [6.07, 6.45) is 1.55. The molecule has 5 heteroatoms. The highest BCUT2D eigenvalue weighted by Crippen LogP contribution is 2.38. The van der Waals surface area contributed by atoms with E-state index in [9.17, 15) is 0 Å². The number of hydrogen-bond acceptors (Lipinski definition) is 3. The number of rotatable bonds is 6. The molecule has 2 atom stereocenters. The Balaban J connectivity index is 1.93. The fourth-order valence-corrected chi connectivity index (χ4v) is 4.79. The van der Waals surface area contributed by atoms with E-state index in [0.717, 1.165) is 30.5 Å². The van der Waals surface area contributed by atoms with Crippen LogP contribution >= 0.6 is 15.9 Å². The van der Waals surface area contributed by atoms with E-state index in [2.05, 4.69) is 84.3 Å². The van der Waals surface area contributed by atoms with E-state index < -0.39 is 8.32 Å². The van der Waals surface area contributed by atoms with Gasteiger partial charge in [0.05, 0.1) is 6.10 Å². The summed E-state index contributed by atoms with van der Waals surface area (Å²) in [7, 11) is 0.379. The smallest absolute Gasteiger partial charge is 0.192 e. The van der Waals surface area contributed by atoms with Gasteiger partial charge in [-0.25, -0.2) is 0 Å². The van der Waals surface area contributed by atoms with E-state index in [-0.39, 0.29) is 5.04 Å². The summed E-state index contributed by atoms with van der Waals surface area (Å²) in [4.78, 5) is 2.54. The summed E-state index contributed by atoms with van der Waals surface area (Å²) in [5.41, 5.74) is 1.33. The highest BCUT2D eigenvalue weighted by atomic mass is 79.9. The SMILES string of the molecule is CN[C@H](CN1CC[C@H](O[Si](C)(C)C(C)(C)C)C1)c1cccc(Br)c1. The third-order valence-electron chi connectivity index (χ3n) is 5.54.